The highest BCUT2D eigenvalue weighted by Gasteiger charge is 2.26. The lowest BCUT2D eigenvalue weighted by Gasteiger charge is -2.38. The number of piperazine rings is 1. The highest BCUT2D eigenvalue weighted by atomic mass is 16.2. The molecular weight excluding hydrogens is 312 g/mol. The molecule has 1 aromatic rings. The first-order valence-corrected chi connectivity index (χ1v) is 9.70. The smallest absolute Gasteiger partial charge is 0.254 e. The van der Waals surface area contributed by atoms with Crippen LogP contribution in [0.15, 0.2) is 24.3 Å². The molecule has 1 unspecified atom stereocenters. The lowest BCUT2D eigenvalue weighted by Crippen LogP contribution is -2.49. The zero-order valence-corrected chi connectivity index (χ0v) is 15.7. The fraction of sp³-hybridized carbons (Fsp3) is 0.650. The van der Waals surface area contributed by atoms with Crippen LogP contribution in [0.3, 0.4) is 0 Å². The van der Waals surface area contributed by atoms with Crippen molar-refractivity contribution in [3.05, 3.63) is 29.8 Å². The van der Waals surface area contributed by atoms with Crippen LogP contribution in [0.5, 0.6) is 0 Å². The number of rotatable bonds is 4. The van der Waals surface area contributed by atoms with Gasteiger partial charge in [-0.1, -0.05) is 0 Å². The molecule has 0 aromatic heterocycles. The number of nitrogens with two attached hydrogens (primary N) is 1. The van der Waals surface area contributed by atoms with Gasteiger partial charge in [-0.05, 0) is 57.4 Å². The highest BCUT2D eigenvalue weighted by Crippen LogP contribution is 2.22. The molecule has 25 heavy (non-hydrogen) atoms. The van der Waals surface area contributed by atoms with Crippen LogP contribution in [0.2, 0.25) is 0 Å². The molecule has 0 spiro atoms. The Morgan fingerprint density at radius 2 is 1.76 bits per heavy atom. The van der Waals surface area contributed by atoms with Crippen LogP contribution in [0, 0.1) is 0 Å². The summed E-state index contributed by atoms with van der Waals surface area (Å²) in [7, 11) is 0. The van der Waals surface area contributed by atoms with Crippen LogP contribution in [0.25, 0.3) is 0 Å². The second kappa shape index (κ2) is 8.19. The van der Waals surface area contributed by atoms with Crippen molar-refractivity contribution in [2.24, 2.45) is 5.73 Å². The Morgan fingerprint density at radius 1 is 1.08 bits per heavy atom. The van der Waals surface area contributed by atoms with E-state index in [9.17, 15) is 4.79 Å². The molecule has 138 valence electrons. The van der Waals surface area contributed by atoms with Gasteiger partial charge in [0.2, 0.25) is 0 Å². The molecule has 5 nitrogen and oxygen atoms in total. The van der Waals surface area contributed by atoms with E-state index in [2.05, 4.69) is 35.8 Å². The largest absolute Gasteiger partial charge is 0.369 e. The summed E-state index contributed by atoms with van der Waals surface area (Å²) >= 11 is 0. The molecule has 0 aliphatic carbocycles. The van der Waals surface area contributed by atoms with E-state index in [1.165, 1.54) is 12.1 Å². The summed E-state index contributed by atoms with van der Waals surface area (Å²) in [6, 6.07) is 8.97. The quantitative estimate of drug-likeness (QED) is 0.909. The first-order chi connectivity index (χ1) is 12.1. The summed E-state index contributed by atoms with van der Waals surface area (Å²) in [5, 5.41) is 0. The molecule has 3 rings (SSSR count). The third-order valence-corrected chi connectivity index (χ3v) is 5.68. The number of likely N-dealkylation sites (tertiary alicyclic amines) is 1. The molecular formula is C20H32N4O. The van der Waals surface area contributed by atoms with Crippen LogP contribution in [0.1, 0.15) is 43.5 Å². The monoisotopic (exact) mass is 344 g/mol. The van der Waals surface area contributed by atoms with E-state index in [0.717, 1.165) is 51.1 Å². The number of hydrogen-bond acceptors (Lipinski definition) is 4. The van der Waals surface area contributed by atoms with Crippen LogP contribution < -0.4 is 10.6 Å². The molecule has 2 aliphatic heterocycles. The van der Waals surface area contributed by atoms with Gasteiger partial charge in [-0.2, -0.15) is 0 Å². The summed E-state index contributed by atoms with van der Waals surface area (Å²) in [4.78, 5) is 19.7. The Hall–Kier alpha value is -1.59. The van der Waals surface area contributed by atoms with Gasteiger partial charge in [0.25, 0.3) is 5.91 Å². The van der Waals surface area contributed by atoms with Crippen LogP contribution >= 0.6 is 0 Å². The number of nitrogens with zero attached hydrogens (tertiary/aromatic N) is 3. The zero-order chi connectivity index (χ0) is 17.8. The number of amides is 1. The normalized spacial score (nSPS) is 22.5. The molecule has 2 heterocycles. The summed E-state index contributed by atoms with van der Waals surface area (Å²) in [5.74, 6) is 0.131. The van der Waals surface area contributed by atoms with Crippen molar-refractivity contribution in [1.29, 1.82) is 0 Å². The van der Waals surface area contributed by atoms with Gasteiger partial charge in [0, 0.05) is 62.6 Å². The zero-order valence-electron chi connectivity index (χ0n) is 15.7. The molecule has 0 radical (unpaired) electrons. The Bertz CT molecular complexity index is 564. The number of hydrogen-bond donors (Lipinski definition) is 1. The lowest BCUT2D eigenvalue weighted by molar-refractivity contribution is 0.0623. The highest BCUT2D eigenvalue weighted by molar-refractivity contribution is 5.94. The van der Waals surface area contributed by atoms with Crippen molar-refractivity contribution in [3.8, 4) is 0 Å². The second-order valence-corrected chi connectivity index (χ2v) is 7.55. The Morgan fingerprint density at radius 3 is 2.36 bits per heavy atom. The Balaban J connectivity index is 1.63. The number of anilines is 1. The molecule has 5 heteroatoms. The Labute approximate surface area is 151 Å². The minimum atomic E-state index is 0.131. The molecule has 1 atom stereocenters. The van der Waals surface area contributed by atoms with Gasteiger partial charge in [0.05, 0.1) is 0 Å². The van der Waals surface area contributed by atoms with Gasteiger partial charge in [0.1, 0.15) is 0 Å². The minimum Gasteiger partial charge on any atom is -0.369 e. The second-order valence-electron chi connectivity index (χ2n) is 7.55. The summed E-state index contributed by atoms with van der Waals surface area (Å²) in [6.45, 7) is 10.2. The number of piperidine rings is 1. The van der Waals surface area contributed by atoms with Gasteiger partial charge >= 0.3 is 0 Å². The maximum atomic E-state index is 12.8. The van der Waals surface area contributed by atoms with Crippen molar-refractivity contribution in [2.45, 2.75) is 45.2 Å². The first kappa shape index (κ1) is 18.2. The van der Waals surface area contributed by atoms with Crippen molar-refractivity contribution in [1.82, 2.24) is 9.80 Å². The molecule has 2 N–H and O–H groups in total. The van der Waals surface area contributed by atoms with Crippen molar-refractivity contribution in [3.63, 3.8) is 0 Å². The summed E-state index contributed by atoms with van der Waals surface area (Å²) in [5.41, 5.74) is 7.86. The van der Waals surface area contributed by atoms with E-state index >= 15 is 0 Å². The standard InChI is InChI=1S/C20H32N4O/c1-16(2)22-11-13-23(14-12-22)18-8-6-17(7-9-18)20(25)24-10-4-3-5-19(24)15-21/h6-9,16,19H,3-5,10-15,21H2,1-2H3. The molecule has 2 fully saturated rings. The third kappa shape index (κ3) is 4.15. The molecule has 1 aromatic carbocycles. The van der Waals surface area contributed by atoms with Crippen molar-refractivity contribution < 1.29 is 4.79 Å². The van der Waals surface area contributed by atoms with Crippen LogP contribution in [-0.4, -0.2) is 67.1 Å². The summed E-state index contributed by atoms with van der Waals surface area (Å²) < 4.78 is 0. The number of carbonyl (C=O) groups is 1. The van der Waals surface area contributed by atoms with E-state index in [4.69, 9.17) is 5.73 Å². The predicted octanol–water partition coefficient (Wildman–Crippen LogP) is 2.17. The van der Waals surface area contributed by atoms with Gasteiger partial charge in [-0.15, -0.1) is 0 Å². The molecule has 0 bridgehead atoms. The van der Waals surface area contributed by atoms with E-state index < -0.39 is 0 Å². The third-order valence-electron chi connectivity index (χ3n) is 5.68. The van der Waals surface area contributed by atoms with E-state index in [0.29, 0.717) is 12.6 Å². The average molecular weight is 345 g/mol. The van der Waals surface area contributed by atoms with E-state index in [1.807, 2.05) is 17.0 Å². The maximum Gasteiger partial charge on any atom is 0.254 e. The first-order valence-electron chi connectivity index (χ1n) is 9.70. The van der Waals surface area contributed by atoms with Crippen molar-refractivity contribution >= 4 is 11.6 Å². The SMILES string of the molecule is CC(C)N1CCN(c2ccc(C(=O)N3CCCCC3CN)cc2)CC1. The Kier molecular flexibility index (Phi) is 5.97. The molecule has 2 aliphatic rings. The van der Waals surface area contributed by atoms with Crippen LogP contribution in [-0.2, 0) is 0 Å². The fourth-order valence-corrected chi connectivity index (χ4v) is 3.99. The maximum absolute atomic E-state index is 12.8. The van der Waals surface area contributed by atoms with Gasteiger partial charge in [-0.25, -0.2) is 0 Å². The minimum absolute atomic E-state index is 0.131. The van der Waals surface area contributed by atoms with E-state index in [-0.39, 0.29) is 11.9 Å². The van der Waals surface area contributed by atoms with Crippen molar-refractivity contribution in [2.75, 3.05) is 44.2 Å². The molecule has 1 amide bonds. The average Bonchev–Trinajstić information content (AvgIpc) is 2.67. The number of benzene rings is 1. The van der Waals surface area contributed by atoms with Gasteiger partial charge in [-0.3, -0.25) is 9.69 Å². The predicted molar refractivity (Wildman–Crippen MR) is 103 cm³/mol. The van der Waals surface area contributed by atoms with E-state index in [1.54, 1.807) is 0 Å². The summed E-state index contributed by atoms with van der Waals surface area (Å²) in [6.07, 6.45) is 3.29. The lowest BCUT2D eigenvalue weighted by atomic mass is 10.0. The number of carbonyl (C=O) groups excluding carboxylic acids is 1. The van der Waals surface area contributed by atoms with Gasteiger partial charge < -0.3 is 15.5 Å². The fourth-order valence-electron chi connectivity index (χ4n) is 3.99. The topological polar surface area (TPSA) is 52.8 Å². The molecule has 2 saturated heterocycles. The molecule has 0 saturated carbocycles. The van der Waals surface area contributed by atoms with Gasteiger partial charge in [0.15, 0.2) is 0 Å². The van der Waals surface area contributed by atoms with Crippen LogP contribution in [0.4, 0.5) is 5.69 Å².